The molecule has 2 rings (SSSR count). The molecule has 34 heavy (non-hydrogen) atoms. The molecule has 0 spiro atoms. The Kier molecular flexibility index (Phi) is 9.74. The van der Waals surface area contributed by atoms with Crippen LogP contribution in [0.2, 0.25) is 25.7 Å². The van der Waals surface area contributed by atoms with Crippen LogP contribution in [0.4, 0.5) is 4.79 Å². The molecule has 0 aromatic heterocycles. The Balaban J connectivity index is 2.31. The second-order valence-electron chi connectivity index (χ2n) is 11.3. The van der Waals surface area contributed by atoms with Gasteiger partial charge >= 0.3 is 6.09 Å². The van der Waals surface area contributed by atoms with E-state index in [0.717, 1.165) is 17.2 Å². The zero-order valence-electron chi connectivity index (χ0n) is 21.7. The Morgan fingerprint density at radius 1 is 1.24 bits per heavy atom. The molecule has 1 heterocycles. The Morgan fingerprint density at radius 2 is 1.88 bits per heavy atom. The summed E-state index contributed by atoms with van der Waals surface area (Å²) in [5.74, 6) is 0. The molecule has 1 N–H and O–H groups in total. The number of ether oxygens (including phenoxy) is 2. The van der Waals surface area contributed by atoms with E-state index in [4.69, 9.17) is 9.47 Å². The Morgan fingerprint density at radius 3 is 2.44 bits per heavy atom. The molecule has 194 valence electrons. The number of amides is 1. The van der Waals surface area contributed by atoms with Crippen molar-refractivity contribution in [2.45, 2.75) is 83.6 Å². The van der Waals surface area contributed by atoms with Crippen LogP contribution in [0.15, 0.2) is 24.3 Å². The number of hydrogen-bond acceptors (Lipinski definition) is 6. The predicted octanol–water partition coefficient (Wildman–Crippen LogP) is 3.67. The van der Waals surface area contributed by atoms with Gasteiger partial charge in [-0.25, -0.2) is 13.2 Å². The van der Waals surface area contributed by atoms with E-state index in [2.05, 4.69) is 19.6 Å². The fourth-order valence-corrected chi connectivity index (χ4v) is 5.79. The number of nitrogens with zero attached hydrogens (tertiary/aromatic N) is 2. The molecule has 1 aromatic carbocycles. The summed E-state index contributed by atoms with van der Waals surface area (Å²) >= 11 is 0. The average molecular weight is 515 g/mol. The van der Waals surface area contributed by atoms with E-state index in [0.29, 0.717) is 26.0 Å². The van der Waals surface area contributed by atoms with Gasteiger partial charge < -0.3 is 19.5 Å². The van der Waals surface area contributed by atoms with Gasteiger partial charge in [0.05, 0.1) is 18.9 Å². The lowest BCUT2D eigenvalue weighted by Gasteiger charge is -2.35. The molecule has 1 aliphatic heterocycles. The van der Waals surface area contributed by atoms with E-state index >= 15 is 0 Å². The Labute approximate surface area is 206 Å². The molecule has 1 saturated heterocycles. The second-order valence-corrected chi connectivity index (χ2v) is 18.8. The van der Waals surface area contributed by atoms with E-state index < -0.39 is 41.9 Å². The van der Waals surface area contributed by atoms with Crippen LogP contribution in [-0.4, -0.2) is 80.7 Å². The lowest BCUT2D eigenvalue weighted by atomic mass is 9.99. The summed E-state index contributed by atoms with van der Waals surface area (Å²) in [5, 5.41) is 9.53. The third-order valence-corrected chi connectivity index (χ3v) is 8.70. The van der Waals surface area contributed by atoms with Crippen LogP contribution < -0.4 is 0 Å². The van der Waals surface area contributed by atoms with Crippen molar-refractivity contribution in [2.75, 3.05) is 26.1 Å². The first-order valence-electron chi connectivity index (χ1n) is 11.8. The zero-order chi connectivity index (χ0) is 25.7. The molecule has 8 nitrogen and oxygen atoms in total. The van der Waals surface area contributed by atoms with Crippen LogP contribution in [0.1, 0.15) is 38.3 Å². The van der Waals surface area contributed by atoms with Crippen LogP contribution in [-0.2, 0) is 32.5 Å². The summed E-state index contributed by atoms with van der Waals surface area (Å²) in [4.78, 5) is 14.7. The number of aliphatic hydroxyl groups excluding tert-OH is 1. The van der Waals surface area contributed by atoms with Gasteiger partial charge in [-0.05, 0) is 50.8 Å². The number of likely N-dealkylation sites (tertiary alicyclic amines) is 1. The van der Waals surface area contributed by atoms with Crippen LogP contribution in [0, 0.1) is 0 Å². The van der Waals surface area contributed by atoms with Crippen LogP contribution in [0.25, 0.3) is 0 Å². The number of carbonyl (C=O) groups is 1. The van der Waals surface area contributed by atoms with E-state index in [9.17, 15) is 18.3 Å². The lowest BCUT2D eigenvalue weighted by Crippen LogP contribution is -2.51. The predicted molar refractivity (Wildman–Crippen MR) is 137 cm³/mol. The van der Waals surface area contributed by atoms with Gasteiger partial charge in [0, 0.05) is 27.3 Å². The first-order chi connectivity index (χ1) is 15.6. The molecule has 1 amide bonds. The molecule has 0 saturated carbocycles. The number of benzene rings is 1. The maximum absolute atomic E-state index is 13.0. The Bertz CT molecular complexity index is 926. The van der Waals surface area contributed by atoms with Gasteiger partial charge in [0.25, 0.3) is 0 Å². The van der Waals surface area contributed by atoms with E-state index in [1.165, 1.54) is 10.6 Å². The van der Waals surface area contributed by atoms with Crippen molar-refractivity contribution in [2.24, 2.45) is 0 Å². The van der Waals surface area contributed by atoms with E-state index in [1.807, 2.05) is 45.0 Å². The molecule has 0 unspecified atom stereocenters. The molecular weight excluding hydrogens is 472 g/mol. The first-order valence-corrected chi connectivity index (χ1v) is 17.4. The molecule has 1 fully saturated rings. The largest absolute Gasteiger partial charge is 0.444 e. The van der Waals surface area contributed by atoms with Gasteiger partial charge in [0.2, 0.25) is 10.0 Å². The van der Waals surface area contributed by atoms with Crippen LogP contribution >= 0.6 is 0 Å². The third kappa shape index (κ3) is 8.96. The number of rotatable bonds is 10. The maximum atomic E-state index is 13.0. The monoisotopic (exact) mass is 514 g/mol. The fraction of sp³-hybridized carbons (Fsp3) is 0.708. The summed E-state index contributed by atoms with van der Waals surface area (Å²) in [7, 11) is -4.90. The molecule has 1 aliphatic rings. The van der Waals surface area contributed by atoms with Crippen molar-refractivity contribution in [3.63, 3.8) is 0 Å². The zero-order valence-corrected chi connectivity index (χ0v) is 23.5. The summed E-state index contributed by atoms with van der Waals surface area (Å²) in [6, 6.07) is 7.59. The van der Waals surface area contributed by atoms with Crippen molar-refractivity contribution in [3.8, 4) is 0 Å². The summed E-state index contributed by atoms with van der Waals surface area (Å²) in [6.45, 7) is 13.0. The van der Waals surface area contributed by atoms with Gasteiger partial charge in [-0.3, -0.25) is 0 Å². The minimum Gasteiger partial charge on any atom is -0.444 e. The van der Waals surface area contributed by atoms with Gasteiger partial charge in [0.15, 0.2) is 0 Å². The van der Waals surface area contributed by atoms with Gasteiger partial charge in [0.1, 0.15) is 12.3 Å². The summed E-state index contributed by atoms with van der Waals surface area (Å²) in [5.41, 5.74) is 1.03. The van der Waals surface area contributed by atoms with Crippen molar-refractivity contribution in [1.29, 1.82) is 0 Å². The third-order valence-electron chi connectivity index (χ3n) is 5.77. The summed E-state index contributed by atoms with van der Waals surface area (Å²) in [6.07, 6.45) is 1.67. The first kappa shape index (κ1) is 28.8. The standard InChI is InChI=1S/C24H42N2O6SSi/c1-24(2,3)32-23(28)25-12-11-21(22(25)16-19-9-8-10-20(15-19)17-27)26(33(4,29)30)18-31-13-14-34(5,6)7/h8-10,15,21-22,27H,11-14,16-18H2,1-7H3/t21-,22-/m0/s1. The molecule has 0 bridgehead atoms. The van der Waals surface area contributed by atoms with Crippen LogP contribution in [0.5, 0.6) is 0 Å². The van der Waals surface area contributed by atoms with E-state index in [1.54, 1.807) is 4.90 Å². The minimum atomic E-state index is -3.59. The maximum Gasteiger partial charge on any atom is 0.410 e. The molecule has 0 radical (unpaired) electrons. The normalized spacial score (nSPS) is 19.6. The number of hydrogen-bond donors (Lipinski definition) is 1. The Hall–Kier alpha value is -1.46. The highest BCUT2D eigenvalue weighted by Gasteiger charge is 2.44. The number of sulfonamides is 1. The van der Waals surface area contributed by atoms with Crippen molar-refractivity contribution in [1.82, 2.24) is 9.21 Å². The minimum absolute atomic E-state index is 0.0384. The van der Waals surface area contributed by atoms with Crippen molar-refractivity contribution in [3.05, 3.63) is 35.4 Å². The van der Waals surface area contributed by atoms with Crippen LogP contribution in [0.3, 0.4) is 0 Å². The molecule has 0 aliphatic carbocycles. The quantitative estimate of drug-likeness (QED) is 0.291. The van der Waals surface area contributed by atoms with Crippen molar-refractivity contribution < 1.29 is 27.8 Å². The highest BCUT2D eigenvalue weighted by molar-refractivity contribution is 7.88. The molecule has 1 aromatic rings. The lowest BCUT2D eigenvalue weighted by molar-refractivity contribution is 0.0153. The highest BCUT2D eigenvalue weighted by Crippen LogP contribution is 2.30. The average Bonchev–Trinajstić information content (AvgIpc) is 3.08. The number of aliphatic hydroxyl groups is 1. The number of carbonyl (C=O) groups excluding carboxylic acids is 1. The molecule has 10 heteroatoms. The second kappa shape index (κ2) is 11.5. The van der Waals surface area contributed by atoms with Gasteiger partial charge in [-0.15, -0.1) is 0 Å². The van der Waals surface area contributed by atoms with E-state index in [-0.39, 0.29) is 13.3 Å². The van der Waals surface area contributed by atoms with Gasteiger partial charge in [-0.2, -0.15) is 4.31 Å². The van der Waals surface area contributed by atoms with Gasteiger partial charge in [-0.1, -0.05) is 43.9 Å². The van der Waals surface area contributed by atoms with Crippen molar-refractivity contribution >= 4 is 24.2 Å². The fourth-order valence-electron chi connectivity index (χ4n) is 4.03. The highest BCUT2D eigenvalue weighted by atomic mass is 32.2. The topological polar surface area (TPSA) is 96.4 Å². The smallest absolute Gasteiger partial charge is 0.410 e. The summed E-state index contributed by atoms with van der Waals surface area (Å²) < 4.78 is 38.5. The molecular formula is C24H42N2O6SSi. The SMILES string of the molecule is CC(C)(C)OC(=O)N1CC[C@H](N(COCC[Si](C)(C)C)S(C)(=O)=O)[C@@H]1Cc1cccc(CO)c1. The molecule has 2 atom stereocenters.